The lowest BCUT2D eigenvalue weighted by Gasteiger charge is -2.25. The fraction of sp³-hybridized carbons (Fsp3) is 0.545. The Morgan fingerprint density at radius 3 is 2.75 bits per heavy atom. The standard InChI is InChI=1S/C22H28N2O4/c1-4-11-28-20-13-17(9-10-19(20)27-3)22(26)23(2)14-16-12-21(25)24(15-16)18-7-5-6-8-18/h1,9-10,13,16,18H,5-8,11-12,14-15H2,2-3H3. The van der Waals surface area contributed by atoms with Crippen LogP contribution in [-0.4, -0.2) is 61.5 Å². The molecule has 6 nitrogen and oxygen atoms in total. The molecule has 1 aromatic rings. The third-order valence-electron chi connectivity index (χ3n) is 5.60. The number of methoxy groups -OCH3 is 1. The van der Waals surface area contributed by atoms with Gasteiger partial charge in [0.25, 0.3) is 5.91 Å². The van der Waals surface area contributed by atoms with Crippen LogP contribution in [0.1, 0.15) is 42.5 Å². The molecule has 1 atom stereocenters. The minimum Gasteiger partial charge on any atom is -0.493 e. The summed E-state index contributed by atoms with van der Waals surface area (Å²) in [5.74, 6) is 3.68. The predicted molar refractivity (Wildman–Crippen MR) is 106 cm³/mol. The zero-order valence-corrected chi connectivity index (χ0v) is 16.6. The van der Waals surface area contributed by atoms with Crippen LogP contribution in [0.3, 0.4) is 0 Å². The third kappa shape index (κ3) is 4.41. The van der Waals surface area contributed by atoms with Crippen LogP contribution in [0.4, 0.5) is 0 Å². The molecule has 2 aliphatic rings. The van der Waals surface area contributed by atoms with Crippen molar-refractivity contribution in [1.82, 2.24) is 9.80 Å². The van der Waals surface area contributed by atoms with E-state index < -0.39 is 0 Å². The maximum absolute atomic E-state index is 12.9. The number of likely N-dealkylation sites (tertiary alicyclic amines) is 1. The molecule has 1 saturated heterocycles. The molecule has 0 N–H and O–H groups in total. The number of rotatable bonds is 7. The lowest BCUT2D eigenvalue weighted by Crippen LogP contribution is -2.36. The Bertz CT molecular complexity index is 764. The first kappa shape index (κ1) is 20.1. The van der Waals surface area contributed by atoms with Gasteiger partial charge in [-0.1, -0.05) is 18.8 Å². The first-order valence-electron chi connectivity index (χ1n) is 9.82. The summed E-state index contributed by atoms with van der Waals surface area (Å²) >= 11 is 0. The fourth-order valence-corrected chi connectivity index (χ4v) is 4.23. The third-order valence-corrected chi connectivity index (χ3v) is 5.60. The monoisotopic (exact) mass is 384 g/mol. The average Bonchev–Trinajstić information content (AvgIpc) is 3.35. The number of carbonyl (C=O) groups excluding carboxylic acids is 2. The van der Waals surface area contributed by atoms with E-state index in [9.17, 15) is 9.59 Å². The highest BCUT2D eigenvalue weighted by Gasteiger charge is 2.36. The minimum absolute atomic E-state index is 0.102. The largest absolute Gasteiger partial charge is 0.493 e. The van der Waals surface area contributed by atoms with E-state index in [-0.39, 0.29) is 24.3 Å². The molecule has 3 rings (SSSR count). The topological polar surface area (TPSA) is 59.1 Å². The van der Waals surface area contributed by atoms with Crippen molar-refractivity contribution < 1.29 is 19.1 Å². The molecule has 0 spiro atoms. The van der Waals surface area contributed by atoms with E-state index >= 15 is 0 Å². The van der Waals surface area contributed by atoms with Gasteiger partial charge in [0, 0.05) is 44.1 Å². The molecule has 1 saturated carbocycles. The number of hydrogen-bond acceptors (Lipinski definition) is 4. The fourth-order valence-electron chi connectivity index (χ4n) is 4.23. The summed E-state index contributed by atoms with van der Waals surface area (Å²) in [5, 5.41) is 0. The van der Waals surface area contributed by atoms with Crippen molar-refractivity contribution >= 4 is 11.8 Å². The van der Waals surface area contributed by atoms with Crippen molar-refractivity contribution in [3.63, 3.8) is 0 Å². The van der Waals surface area contributed by atoms with E-state index in [0.29, 0.717) is 36.1 Å². The Morgan fingerprint density at radius 1 is 1.32 bits per heavy atom. The molecular formula is C22H28N2O4. The molecule has 0 radical (unpaired) electrons. The molecule has 1 aromatic carbocycles. The Kier molecular flexibility index (Phi) is 6.45. The van der Waals surface area contributed by atoms with Gasteiger partial charge in [0.1, 0.15) is 6.61 Å². The van der Waals surface area contributed by atoms with E-state index in [0.717, 1.165) is 19.4 Å². The zero-order chi connectivity index (χ0) is 20.1. The first-order chi connectivity index (χ1) is 13.5. The Balaban J connectivity index is 1.63. The van der Waals surface area contributed by atoms with Crippen molar-refractivity contribution in [3.05, 3.63) is 23.8 Å². The molecule has 0 aromatic heterocycles. The molecule has 28 heavy (non-hydrogen) atoms. The highest BCUT2D eigenvalue weighted by molar-refractivity contribution is 5.94. The van der Waals surface area contributed by atoms with Crippen molar-refractivity contribution in [3.8, 4) is 23.8 Å². The smallest absolute Gasteiger partial charge is 0.253 e. The molecule has 0 bridgehead atoms. The number of terminal acetylenes is 1. The van der Waals surface area contributed by atoms with E-state index in [2.05, 4.69) is 5.92 Å². The second-order valence-corrected chi connectivity index (χ2v) is 7.60. The molecule has 6 heteroatoms. The summed E-state index contributed by atoms with van der Waals surface area (Å²) in [5.41, 5.74) is 0.507. The van der Waals surface area contributed by atoms with Crippen molar-refractivity contribution in [2.45, 2.75) is 38.1 Å². The molecule has 150 valence electrons. The SMILES string of the molecule is C#CCOc1cc(C(=O)N(C)CC2CC(=O)N(C3CCCC3)C2)ccc1OC. The van der Waals surface area contributed by atoms with E-state index in [1.165, 1.54) is 12.8 Å². The van der Waals surface area contributed by atoms with Crippen LogP contribution in [0, 0.1) is 18.3 Å². The normalized spacial score (nSPS) is 19.5. The predicted octanol–water partition coefficient (Wildman–Crippen LogP) is 2.57. The lowest BCUT2D eigenvalue weighted by atomic mass is 10.1. The van der Waals surface area contributed by atoms with Gasteiger partial charge in [-0.2, -0.15) is 0 Å². The highest BCUT2D eigenvalue weighted by Crippen LogP contribution is 2.31. The number of carbonyl (C=O) groups is 2. The summed E-state index contributed by atoms with van der Waals surface area (Å²) < 4.78 is 10.7. The molecule has 1 heterocycles. The lowest BCUT2D eigenvalue weighted by molar-refractivity contribution is -0.129. The van der Waals surface area contributed by atoms with Gasteiger partial charge in [0.2, 0.25) is 5.91 Å². The van der Waals surface area contributed by atoms with E-state index in [4.69, 9.17) is 15.9 Å². The highest BCUT2D eigenvalue weighted by atomic mass is 16.5. The van der Waals surface area contributed by atoms with Crippen LogP contribution >= 0.6 is 0 Å². The summed E-state index contributed by atoms with van der Waals surface area (Å²) in [4.78, 5) is 29.0. The van der Waals surface area contributed by atoms with Crippen molar-refractivity contribution in [2.24, 2.45) is 5.92 Å². The van der Waals surface area contributed by atoms with Crippen LogP contribution in [-0.2, 0) is 4.79 Å². The summed E-state index contributed by atoms with van der Waals surface area (Å²) in [6, 6.07) is 5.47. The molecular weight excluding hydrogens is 356 g/mol. The van der Waals surface area contributed by atoms with Gasteiger partial charge < -0.3 is 19.3 Å². The molecule has 1 unspecified atom stereocenters. The Labute approximate surface area is 166 Å². The van der Waals surface area contributed by atoms with Gasteiger partial charge in [-0.05, 0) is 31.0 Å². The van der Waals surface area contributed by atoms with E-state index in [1.54, 1.807) is 37.3 Å². The van der Waals surface area contributed by atoms with Crippen molar-refractivity contribution in [2.75, 3.05) is 33.9 Å². The maximum atomic E-state index is 12.9. The van der Waals surface area contributed by atoms with Crippen LogP contribution in [0.2, 0.25) is 0 Å². The maximum Gasteiger partial charge on any atom is 0.253 e. The van der Waals surface area contributed by atoms with Gasteiger partial charge in [-0.3, -0.25) is 9.59 Å². The Morgan fingerprint density at radius 2 is 2.07 bits per heavy atom. The summed E-state index contributed by atoms with van der Waals surface area (Å²) in [7, 11) is 3.32. The molecule has 2 fully saturated rings. The van der Waals surface area contributed by atoms with Gasteiger partial charge in [0.05, 0.1) is 7.11 Å². The van der Waals surface area contributed by atoms with Crippen LogP contribution < -0.4 is 9.47 Å². The molecule has 1 aliphatic heterocycles. The molecule has 1 aliphatic carbocycles. The van der Waals surface area contributed by atoms with Gasteiger partial charge in [-0.25, -0.2) is 0 Å². The van der Waals surface area contributed by atoms with Crippen LogP contribution in [0.25, 0.3) is 0 Å². The minimum atomic E-state index is -0.111. The first-order valence-corrected chi connectivity index (χ1v) is 9.82. The number of hydrogen-bond donors (Lipinski definition) is 0. The van der Waals surface area contributed by atoms with Crippen molar-refractivity contribution in [1.29, 1.82) is 0 Å². The Hall–Kier alpha value is -2.68. The number of nitrogens with zero attached hydrogens (tertiary/aromatic N) is 2. The summed E-state index contributed by atoms with van der Waals surface area (Å²) in [6.45, 7) is 1.41. The molecule has 2 amide bonds. The summed E-state index contributed by atoms with van der Waals surface area (Å²) in [6.07, 6.45) is 10.4. The number of benzene rings is 1. The quantitative estimate of drug-likeness (QED) is 0.678. The van der Waals surface area contributed by atoms with Gasteiger partial charge in [-0.15, -0.1) is 6.42 Å². The second kappa shape index (κ2) is 9.01. The zero-order valence-electron chi connectivity index (χ0n) is 16.6. The van der Waals surface area contributed by atoms with Gasteiger partial charge >= 0.3 is 0 Å². The number of ether oxygens (including phenoxy) is 2. The van der Waals surface area contributed by atoms with Gasteiger partial charge in [0.15, 0.2) is 11.5 Å². The number of amides is 2. The van der Waals surface area contributed by atoms with E-state index in [1.807, 2.05) is 4.90 Å². The van der Waals surface area contributed by atoms with Crippen LogP contribution in [0.15, 0.2) is 18.2 Å². The van der Waals surface area contributed by atoms with Crippen LogP contribution in [0.5, 0.6) is 11.5 Å². The average molecular weight is 384 g/mol. The second-order valence-electron chi connectivity index (χ2n) is 7.60.